The van der Waals surface area contributed by atoms with E-state index in [0.29, 0.717) is 0 Å². The first kappa shape index (κ1) is 12.3. The summed E-state index contributed by atoms with van der Waals surface area (Å²) >= 11 is 0. The molecule has 0 fully saturated rings. The molecule has 94 valence electrons. The number of halogens is 2. The molecule has 0 saturated heterocycles. The first-order valence-electron chi connectivity index (χ1n) is 5.39. The van der Waals surface area contributed by atoms with Gasteiger partial charge in [0.2, 0.25) is 0 Å². The maximum absolute atomic E-state index is 12.9. The fourth-order valence-electron chi connectivity index (χ4n) is 1.39. The van der Waals surface area contributed by atoms with Crippen LogP contribution >= 0.6 is 0 Å². The van der Waals surface area contributed by atoms with Crippen LogP contribution in [-0.4, -0.2) is 12.0 Å². The number of hydrogen-bond donors (Lipinski definition) is 1. The summed E-state index contributed by atoms with van der Waals surface area (Å²) in [7, 11) is 1.78. The summed E-state index contributed by atoms with van der Waals surface area (Å²) in [6, 6.07) is 7.09. The highest BCUT2D eigenvalue weighted by molar-refractivity contribution is 5.34. The van der Waals surface area contributed by atoms with Gasteiger partial charge in [0, 0.05) is 24.9 Å². The molecule has 0 atom stereocenters. The third-order valence-corrected chi connectivity index (χ3v) is 2.38. The number of nitrogens with one attached hydrogen (secondary N) is 1. The van der Waals surface area contributed by atoms with Gasteiger partial charge in [-0.25, -0.2) is 13.8 Å². The average Bonchev–Trinajstić information content (AvgIpc) is 2.41. The monoisotopic (exact) mass is 250 g/mol. The number of benzene rings is 1. The summed E-state index contributed by atoms with van der Waals surface area (Å²) < 4.78 is 31.0. The second-order valence-electron chi connectivity index (χ2n) is 3.67. The van der Waals surface area contributed by atoms with Crippen molar-refractivity contribution < 1.29 is 13.5 Å². The average molecular weight is 250 g/mol. The van der Waals surface area contributed by atoms with Crippen LogP contribution in [0.4, 0.5) is 14.6 Å². The lowest BCUT2D eigenvalue weighted by atomic mass is 10.3. The van der Waals surface area contributed by atoms with E-state index in [-0.39, 0.29) is 12.4 Å². The number of aromatic nitrogens is 1. The summed E-state index contributed by atoms with van der Waals surface area (Å²) in [4.78, 5) is 4.12. The van der Waals surface area contributed by atoms with Crippen molar-refractivity contribution in [3.05, 3.63) is 53.7 Å². The highest BCUT2D eigenvalue weighted by atomic mass is 19.2. The Labute approximate surface area is 103 Å². The molecule has 0 amide bonds. The molecular weight excluding hydrogens is 238 g/mol. The molecule has 2 aromatic rings. The predicted octanol–water partition coefficient (Wildman–Crippen LogP) is 2.98. The van der Waals surface area contributed by atoms with Gasteiger partial charge in [0.25, 0.3) is 0 Å². The summed E-state index contributed by atoms with van der Waals surface area (Å²) in [5.74, 6) is -0.767. The molecule has 2 rings (SSSR count). The number of hydrogen-bond acceptors (Lipinski definition) is 3. The zero-order valence-corrected chi connectivity index (χ0v) is 9.78. The third kappa shape index (κ3) is 2.94. The Balaban J connectivity index is 1.99. The summed E-state index contributed by atoms with van der Waals surface area (Å²) in [5.41, 5.74) is 0.846. The lowest BCUT2D eigenvalue weighted by molar-refractivity contribution is 0.303. The predicted molar refractivity (Wildman–Crippen MR) is 64.5 cm³/mol. The molecule has 0 spiro atoms. The van der Waals surface area contributed by atoms with Gasteiger partial charge in [-0.1, -0.05) is 6.07 Å². The summed E-state index contributed by atoms with van der Waals surface area (Å²) in [6.45, 7) is 0.252. The van der Waals surface area contributed by atoms with Crippen LogP contribution in [0.1, 0.15) is 5.56 Å². The van der Waals surface area contributed by atoms with E-state index in [1.807, 2.05) is 12.1 Å². The fraction of sp³-hybridized carbons (Fsp3) is 0.154. The molecule has 0 saturated carbocycles. The van der Waals surface area contributed by atoms with Crippen LogP contribution in [0.3, 0.4) is 0 Å². The SMILES string of the molecule is CNc1ccc(COc2ccc(F)c(F)c2)cn1. The van der Waals surface area contributed by atoms with Crippen molar-refractivity contribution >= 4 is 5.82 Å². The van der Waals surface area contributed by atoms with Crippen molar-refractivity contribution in [3.8, 4) is 5.75 Å². The van der Waals surface area contributed by atoms with Crippen molar-refractivity contribution in [1.29, 1.82) is 0 Å². The maximum atomic E-state index is 12.9. The van der Waals surface area contributed by atoms with Crippen LogP contribution in [0.15, 0.2) is 36.5 Å². The Bertz CT molecular complexity index is 529. The van der Waals surface area contributed by atoms with Gasteiger partial charge in [-0.2, -0.15) is 0 Å². The lowest BCUT2D eigenvalue weighted by Crippen LogP contribution is -1.98. The topological polar surface area (TPSA) is 34.1 Å². The number of rotatable bonds is 4. The van der Waals surface area contributed by atoms with Gasteiger partial charge in [-0.15, -0.1) is 0 Å². The molecule has 18 heavy (non-hydrogen) atoms. The molecule has 1 heterocycles. The van der Waals surface area contributed by atoms with Gasteiger partial charge in [0.1, 0.15) is 18.2 Å². The van der Waals surface area contributed by atoms with Gasteiger partial charge < -0.3 is 10.1 Å². The molecule has 0 aliphatic carbocycles. The smallest absolute Gasteiger partial charge is 0.162 e. The van der Waals surface area contributed by atoms with Gasteiger partial charge in [0.05, 0.1) is 0 Å². The standard InChI is InChI=1S/C13H12F2N2O/c1-16-13-5-2-9(7-17-13)8-18-10-3-4-11(14)12(15)6-10/h2-7H,8H2,1H3,(H,16,17). The Hall–Kier alpha value is -2.17. The van der Waals surface area contributed by atoms with Crippen LogP contribution in [0.25, 0.3) is 0 Å². The molecule has 0 bridgehead atoms. The Morgan fingerprint density at radius 2 is 2.00 bits per heavy atom. The molecular formula is C13H12F2N2O. The van der Waals surface area contributed by atoms with Gasteiger partial charge in [-0.3, -0.25) is 0 Å². The van der Waals surface area contributed by atoms with E-state index in [9.17, 15) is 8.78 Å². The number of pyridine rings is 1. The Kier molecular flexibility index (Phi) is 3.72. The molecule has 1 aromatic carbocycles. The Morgan fingerprint density at radius 3 is 2.61 bits per heavy atom. The molecule has 0 radical (unpaired) electrons. The van der Waals surface area contributed by atoms with E-state index in [0.717, 1.165) is 23.5 Å². The molecule has 0 aliphatic heterocycles. The van der Waals surface area contributed by atoms with E-state index in [2.05, 4.69) is 10.3 Å². The van der Waals surface area contributed by atoms with Crippen LogP contribution < -0.4 is 10.1 Å². The molecule has 5 heteroatoms. The summed E-state index contributed by atoms with van der Waals surface area (Å²) in [5, 5.41) is 2.90. The first-order valence-corrected chi connectivity index (χ1v) is 5.39. The van der Waals surface area contributed by atoms with Crippen LogP contribution in [-0.2, 0) is 6.61 Å². The van der Waals surface area contributed by atoms with Crippen LogP contribution in [0.2, 0.25) is 0 Å². The van der Waals surface area contributed by atoms with Gasteiger partial charge in [0.15, 0.2) is 11.6 Å². The number of ether oxygens (including phenoxy) is 1. The minimum atomic E-state index is -0.920. The quantitative estimate of drug-likeness (QED) is 0.905. The Morgan fingerprint density at radius 1 is 1.17 bits per heavy atom. The zero-order chi connectivity index (χ0) is 13.0. The van der Waals surface area contributed by atoms with Crippen molar-refractivity contribution in [1.82, 2.24) is 4.98 Å². The summed E-state index contributed by atoms with van der Waals surface area (Å²) in [6.07, 6.45) is 1.66. The first-order chi connectivity index (χ1) is 8.69. The number of nitrogens with zero attached hydrogens (tertiary/aromatic N) is 1. The van der Waals surface area contributed by atoms with Crippen LogP contribution in [0, 0.1) is 11.6 Å². The number of anilines is 1. The molecule has 0 unspecified atom stereocenters. The van der Waals surface area contributed by atoms with Gasteiger partial charge >= 0.3 is 0 Å². The van der Waals surface area contributed by atoms with Crippen molar-refractivity contribution in [2.24, 2.45) is 0 Å². The second-order valence-corrected chi connectivity index (χ2v) is 3.67. The van der Waals surface area contributed by atoms with Crippen molar-refractivity contribution in [2.45, 2.75) is 6.61 Å². The fourth-order valence-corrected chi connectivity index (χ4v) is 1.39. The maximum Gasteiger partial charge on any atom is 0.162 e. The van der Waals surface area contributed by atoms with E-state index in [4.69, 9.17) is 4.74 Å². The molecule has 0 aliphatic rings. The molecule has 1 N–H and O–H groups in total. The normalized spacial score (nSPS) is 10.2. The molecule has 1 aromatic heterocycles. The van der Waals surface area contributed by atoms with Crippen LogP contribution in [0.5, 0.6) is 5.75 Å². The van der Waals surface area contributed by atoms with Gasteiger partial charge in [-0.05, 0) is 18.2 Å². The zero-order valence-electron chi connectivity index (χ0n) is 9.78. The van der Waals surface area contributed by atoms with Crippen molar-refractivity contribution in [2.75, 3.05) is 12.4 Å². The van der Waals surface area contributed by atoms with E-state index >= 15 is 0 Å². The van der Waals surface area contributed by atoms with E-state index in [1.54, 1.807) is 13.2 Å². The highest BCUT2D eigenvalue weighted by Crippen LogP contribution is 2.17. The second kappa shape index (κ2) is 5.44. The van der Waals surface area contributed by atoms with E-state index in [1.165, 1.54) is 6.07 Å². The van der Waals surface area contributed by atoms with E-state index < -0.39 is 11.6 Å². The lowest BCUT2D eigenvalue weighted by Gasteiger charge is -2.07. The minimum absolute atomic E-state index is 0.252. The largest absolute Gasteiger partial charge is 0.489 e. The highest BCUT2D eigenvalue weighted by Gasteiger charge is 2.03. The third-order valence-electron chi connectivity index (χ3n) is 2.38. The minimum Gasteiger partial charge on any atom is -0.489 e. The van der Waals surface area contributed by atoms with Crippen molar-refractivity contribution in [3.63, 3.8) is 0 Å². The molecule has 3 nitrogen and oxygen atoms in total.